The molecule has 2 aromatic rings. The molecule has 1 aliphatic rings. The molecular weight excluding hydrogens is 407 g/mol. The number of amides is 1. The molecule has 144 valence electrons. The number of hydrogen-bond donors (Lipinski definition) is 2. The van der Waals surface area contributed by atoms with Crippen molar-refractivity contribution in [2.75, 3.05) is 5.32 Å². The normalized spacial score (nSPS) is 14.2. The average molecular weight is 427 g/mol. The standard InChI is InChI=1S/C19H20Cl2N2O3S/c1-11-8-16(20)12(2)18(17(11)21)27(25,26)22-10-13-4-3-5-15(9-13)23-19(24)14-6-7-14/h3-5,8-9,14,22H,6-7,10H2,1-2H3,(H,23,24). The third-order valence-corrected chi connectivity index (χ3v) is 7.03. The number of benzene rings is 2. The molecule has 0 bridgehead atoms. The minimum Gasteiger partial charge on any atom is -0.326 e. The van der Waals surface area contributed by atoms with Gasteiger partial charge in [0.15, 0.2) is 0 Å². The van der Waals surface area contributed by atoms with E-state index in [0.717, 1.165) is 18.4 Å². The number of nitrogens with one attached hydrogen (secondary N) is 2. The highest BCUT2D eigenvalue weighted by atomic mass is 35.5. The zero-order valence-electron chi connectivity index (χ0n) is 15.0. The van der Waals surface area contributed by atoms with E-state index in [1.807, 2.05) is 0 Å². The first kappa shape index (κ1) is 20.1. The number of anilines is 1. The Morgan fingerprint density at radius 1 is 1.19 bits per heavy atom. The van der Waals surface area contributed by atoms with Gasteiger partial charge in [0.05, 0.1) is 5.02 Å². The van der Waals surface area contributed by atoms with E-state index in [2.05, 4.69) is 10.0 Å². The van der Waals surface area contributed by atoms with Crippen molar-refractivity contribution < 1.29 is 13.2 Å². The lowest BCUT2D eigenvalue weighted by molar-refractivity contribution is -0.117. The molecule has 27 heavy (non-hydrogen) atoms. The van der Waals surface area contributed by atoms with E-state index in [1.165, 1.54) is 0 Å². The first-order valence-corrected chi connectivity index (χ1v) is 10.8. The van der Waals surface area contributed by atoms with Gasteiger partial charge in [-0.1, -0.05) is 35.3 Å². The summed E-state index contributed by atoms with van der Waals surface area (Å²) in [6.45, 7) is 3.39. The Bertz CT molecular complexity index is 976. The SMILES string of the molecule is Cc1cc(Cl)c(C)c(S(=O)(=O)NCc2cccc(NC(=O)C3CC3)c2)c1Cl. The second-order valence-electron chi connectivity index (χ2n) is 6.73. The first-order valence-electron chi connectivity index (χ1n) is 8.53. The number of halogens is 2. The fraction of sp³-hybridized carbons (Fsp3) is 0.316. The molecule has 2 N–H and O–H groups in total. The topological polar surface area (TPSA) is 75.3 Å². The molecule has 3 rings (SSSR count). The van der Waals surface area contributed by atoms with Crippen LogP contribution in [0.4, 0.5) is 5.69 Å². The van der Waals surface area contributed by atoms with Gasteiger partial charge in [0.25, 0.3) is 0 Å². The van der Waals surface area contributed by atoms with Crippen molar-refractivity contribution in [3.8, 4) is 0 Å². The molecular formula is C19H20Cl2N2O3S. The molecule has 8 heteroatoms. The fourth-order valence-corrected chi connectivity index (χ4v) is 4.96. The molecule has 1 amide bonds. The molecule has 0 aliphatic heterocycles. The lowest BCUT2D eigenvalue weighted by Crippen LogP contribution is -2.25. The van der Waals surface area contributed by atoms with Gasteiger partial charge in [0.1, 0.15) is 4.90 Å². The van der Waals surface area contributed by atoms with Crippen LogP contribution in [0.25, 0.3) is 0 Å². The molecule has 1 saturated carbocycles. The average Bonchev–Trinajstić information content (AvgIpc) is 3.44. The number of rotatable bonds is 6. The van der Waals surface area contributed by atoms with Crippen LogP contribution in [0, 0.1) is 19.8 Å². The summed E-state index contributed by atoms with van der Waals surface area (Å²) in [4.78, 5) is 11.9. The number of sulfonamides is 1. The first-order chi connectivity index (χ1) is 12.7. The van der Waals surface area contributed by atoms with Gasteiger partial charge in [-0.2, -0.15) is 0 Å². The Kier molecular flexibility index (Phi) is 5.82. The molecule has 1 aliphatic carbocycles. The Morgan fingerprint density at radius 3 is 2.56 bits per heavy atom. The number of hydrogen-bond acceptors (Lipinski definition) is 3. The Morgan fingerprint density at radius 2 is 1.89 bits per heavy atom. The smallest absolute Gasteiger partial charge is 0.242 e. The number of aryl methyl sites for hydroxylation is 1. The van der Waals surface area contributed by atoms with Gasteiger partial charge in [-0.25, -0.2) is 13.1 Å². The molecule has 0 radical (unpaired) electrons. The van der Waals surface area contributed by atoms with Gasteiger partial charge >= 0.3 is 0 Å². The molecule has 0 spiro atoms. The van der Waals surface area contributed by atoms with E-state index in [0.29, 0.717) is 21.8 Å². The van der Waals surface area contributed by atoms with E-state index in [4.69, 9.17) is 23.2 Å². The lowest BCUT2D eigenvalue weighted by Gasteiger charge is -2.14. The van der Waals surface area contributed by atoms with Crippen molar-refractivity contribution in [3.05, 3.63) is 57.1 Å². The van der Waals surface area contributed by atoms with Crippen LogP contribution in [0.3, 0.4) is 0 Å². The van der Waals surface area contributed by atoms with Gasteiger partial charge in [-0.15, -0.1) is 0 Å². The summed E-state index contributed by atoms with van der Waals surface area (Å²) in [5.74, 6) is 0.105. The molecule has 0 atom stereocenters. The van der Waals surface area contributed by atoms with Gasteiger partial charge in [-0.3, -0.25) is 4.79 Å². The van der Waals surface area contributed by atoms with E-state index in [1.54, 1.807) is 44.2 Å². The van der Waals surface area contributed by atoms with E-state index < -0.39 is 10.0 Å². The highest BCUT2D eigenvalue weighted by Crippen LogP contribution is 2.33. The lowest BCUT2D eigenvalue weighted by atomic mass is 10.2. The summed E-state index contributed by atoms with van der Waals surface area (Å²) in [7, 11) is -3.86. The maximum atomic E-state index is 12.8. The zero-order valence-corrected chi connectivity index (χ0v) is 17.3. The third-order valence-electron chi connectivity index (χ3n) is 4.47. The monoisotopic (exact) mass is 426 g/mol. The molecule has 0 saturated heterocycles. The molecule has 0 aromatic heterocycles. The van der Waals surface area contributed by atoms with Gasteiger partial charge in [0.2, 0.25) is 15.9 Å². The van der Waals surface area contributed by atoms with Gasteiger partial charge in [0, 0.05) is 23.2 Å². The molecule has 2 aromatic carbocycles. The van der Waals surface area contributed by atoms with Crippen molar-refractivity contribution in [1.82, 2.24) is 4.72 Å². The Labute approximate surface area is 169 Å². The largest absolute Gasteiger partial charge is 0.326 e. The van der Waals surface area contributed by atoms with Crippen molar-refractivity contribution in [1.29, 1.82) is 0 Å². The van der Waals surface area contributed by atoms with Crippen molar-refractivity contribution >= 4 is 44.8 Å². The van der Waals surface area contributed by atoms with Crippen LogP contribution in [0.1, 0.15) is 29.5 Å². The predicted octanol–water partition coefficient (Wildman–Crippen LogP) is 4.44. The Balaban J connectivity index is 1.77. The number of carbonyl (C=O) groups excluding carboxylic acids is 1. The summed E-state index contributed by atoms with van der Waals surface area (Å²) >= 11 is 12.4. The van der Waals surface area contributed by atoms with Crippen LogP contribution < -0.4 is 10.0 Å². The summed E-state index contributed by atoms with van der Waals surface area (Å²) in [6, 6.07) is 8.73. The maximum Gasteiger partial charge on any atom is 0.242 e. The van der Waals surface area contributed by atoms with Crippen LogP contribution in [-0.4, -0.2) is 14.3 Å². The second kappa shape index (κ2) is 7.80. The summed E-state index contributed by atoms with van der Waals surface area (Å²) in [5.41, 5.74) is 2.37. The minimum absolute atomic E-state index is 0.00420. The minimum atomic E-state index is -3.86. The van der Waals surface area contributed by atoms with Gasteiger partial charge in [-0.05, 0) is 61.6 Å². The third kappa shape index (κ3) is 4.63. The zero-order chi connectivity index (χ0) is 19.8. The summed E-state index contributed by atoms with van der Waals surface area (Å²) < 4.78 is 28.1. The molecule has 1 fully saturated rings. The van der Waals surface area contributed by atoms with E-state index >= 15 is 0 Å². The van der Waals surface area contributed by atoms with Crippen LogP contribution in [0.15, 0.2) is 35.2 Å². The number of carbonyl (C=O) groups is 1. The fourth-order valence-electron chi connectivity index (χ4n) is 2.73. The Hall–Kier alpha value is -1.60. The molecule has 5 nitrogen and oxygen atoms in total. The van der Waals surface area contributed by atoms with Gasteiger partial charge < -0.3 is 5.32 Å². The highest BCUT2D eigenvalue weighted by Gasteiger charge is 2.29. The molecule has 0 unspecified atom stereocenters. The summed E-state index contributed by atoms with van der Waals surface area (Å²) in [6.07, 6.45) is 1.84. The molecule has 0 heterocycles. The van der Waals surface area contributed by atoms with Crippen molar-refractivity contribution in [2.24, 2.45) is 5.92 Å². The van der Waals surface area contributed by atoms with Crippen LogP contribution >= 0.6 is 23.2 Å². The highest BCUT2D eigenvalue weighted by molar-refractivity contribution is 7.89. The quantitative estimate of drug-likeness (QED) is 0.716. The van der Waals surface area contributed by atoms with Crippen molar-refractivity contribution in [2.45, 2.75) is 38.1 Å². The van der Waals surface area contributed by atoms with Crippen LogP contribution in [-0.2, 0) is 21.4 Å². The maximum absolute atomic E-state index is 12.8. The van der Waals surface area contributed by atoms with Crippen LogP contribution in [0.2, 0.25) is 10.0 Å². The summed E-state index contributed by atoms with van der Waals surface area (Å²) in [5, 5.41) is 3.36. The predicted molar refractivity (Wildman–Crippen MR) is 108 cm³/mol. The van der Waals surface area contributed by atoms with E-state index in [9.17, 15) is 13.2 Å². The van der Waals surface area contributed by atoms with Crippen LogP contribution in [0.5, 0.6) is 0 Å². The second-order valence-corrected chi connectivity index (χ2v) is 9.22. The van der Waals surface area contributed by atoms with Crippen molar-refractivity contribution in [3.63, 3.8) is 0 Å². The van der Waals surface area contributed by atoms with E-state index in [-0.39, 0.29) is 28.3 Å².